The number of thiophene rings is 1. The Kier molecular flexibility index (Phi) is 6.36. The molecule has 140 valence electrons. The molecule has 0 radical (unpaired) electrons. The second-order valence-electron chi connectivity index (χ2n) is 7.67. The maximum absolute atomic E-state index is 12.6. The molecule has 1 aliphatic carbocycles. The van der Waals surface area contributed by atoms with Crippen LogP contribution in [-0.4, -0.2) is 73.1 Å². The van der Waals surface area contributed by atoms with Gasteiger partial charge in [-0.3, -0.25) is 4.90 Å². The van der Waals surface area contributed by atoms with Gasteiger partial charge in [0.1, 0.15) is 0 Å². The van der Waals surface area contributed by atoms with Crippen LogP contribution in [0.4, 0.5) is 4.79 Å². The van der Waals surface area contributed by atoms with E-state index in [9.17, 15) is 4.79 Å². The van der Waals surface area contributed by atoms with Crippen LogP contribution in [0.25, 0.3) is 0 Å². The molecule has 1 N–H and O–H groups in total. The van der Waals surface area contributed by atoms with Gasteiger partial charge in [-0.15, -0.1) is 11.3 Å². The third-order valence-electron chi connectivity index (χ3n) is 5.85. The van der Waals surface area contributed by atoms with Gasteiger partial charge in [-0.1, -0.05) is 25.3 Å². The Morgan fingerprint density at radius 1 is 1.24 bits per heavy atom. The first-order valence-corrected chi connectivity index (χ1v) is 10.4. The number of piperazine rings is 1. The SMILES string of the molecule is CN1CCN(C2(CNC(=O)N(C)Cc3cccs3)CCCCC2)CC1. The van der Waals surface area contributed by atoms with Gasteiger partial charge in [0.05, 0.1) is 6.54 Å². The van der Waals surface area contributed by atoms with Crippen LogP contribution in [0.2, 0.25) is 0 Å². The molecule has 1 aromatic rings. The van der Waals surface area contributed by atoms with E-state index in [-0.39, 0.29) is 11.6 Å². The molecule has 3 rings (SSSR count). The zero-order valence-corrected chi connectivity index (χ0v) is 16.5. The number of urea groups is 1. The van der Waals surface area contributed by atoms with Crippen molar-refractivity contribution in [3.05, 3.63) is 22.4 Å². The summed E-state index contributed by atoms with van der Waals surface area (Å²) in [7, 11) is 4.09. The van der Waals surface area contributed by atoms with E-state index in [1.54, 1.807) is 16.2 Å². The highest BCUT2D eigenvalue weighted by atomic mass is 32.1. The molecule has 1 saturated heterocycles. The van der Waals surface area contributed by atoms with E-state index in [4.69, 9.17) is 0 Å². The number of hydrogen-bond acceptors (Lipinski definition) is 4. The largest absolute Gasteiger partial charge is 0.336 e. The molecule has 0 aromatic carbocycles. The van der Waals surface area contributed by atoms with Crippen molar-refractivity contribution in [2.24, 2.45) is 0 Å². The van der Waals surface area contributed by atoms with Crippen LogP contribution in [0.5, 0.6) is 0 Å². The Labute approximate surface area is 156 Å². The molecule has 1 aliphatic heterocycles. The Balaban J connectivity index is 1.57. The lowest BCUT2D eigenvalue weighted by atomic mass is 9.79. The van der Waals surface area contributed by atoms with Gasteiger partial charge < -0.3 is 15.1 Å². The fourth-order valence-electron chi connectivity index (χ4n) is 4.18. The number of rotatable bonds is 5. The fourth-order valence-corrected chi connectivity index (χ4v) is 4.94. The quantitative estimate of drug-likeness (QED) is 0.873. The predicted molar refractivity (Wildman–Crippen MR) is 104 cm³/mol. The van der Waals surface area contributed by atoms with Crippen LogP contribution in [-0.2, 0) is 6.54 Å². The molecule has 25 heavy (non-hydrogen) atoms. The molecule has 0 atom stereocenters. The lowest BCUT2D eigenvalue weighted by Gasteiger charge is -2.49. The lowest BCUT2D eigenvalue weighted by Crippen LogP contribution is -2.62. The normalized spacial score (nSPS) is 21.8. The second kappa shape index (κ2) is 8.52. The molecule has 1 saturated carbocycles. The van der Waals surface area contributed by atoms with Crippen molar-refractivity contribution < 1.29 is 4.79 Å². The highest BCUT2D eigenvalue weighted by Crippen LogP contribution is 2.34. The van der Waals surface area contributed by atoms with Gasteiger partial charge in [0.2, 0.25) is 0 Å². The standard InChI is InChI=1S/C19H32N4OS/c1-21-10-12-23(13-11-21)19(8-4-3-5-9-19)16-20-18(24)22(2)15-17-7-6-14-25-17/h6-7,14H,3-5,8-13,15-16H2,1-2H3,(H,20,24). The summed E-state index contributed by atoms with van der Waals surface area (Å²) in [6, 6.07) is 4.17. The summed E-state index contributed by atoms with van der Waals surface area (Å²) in [6.07, 6.45) is 6.33. The van der Waals surface area contributed by atoms with E-state index >= 15 is 0 Å². The molecule has 0 spiro atoms. The highest BCUT2D eigenvalue weighted by Gasteiger charge is 2.39. The summed E-state index contributed by atoms with van der Waals surface area (Å²) in [5.41, 5.74) is 0.166. The Morgan fingerprint density at radius 3 is 2.60 bits per heavy atom. The molecule has 2 amide bonds. The van der Waals surface area contributed by atoms with Gasteiger partial charge in [-0.05, 0) is 31.3 Å². The Morgan fingerprint density at radius 2 is 1.96 bits per heavy atom. The van der Waals surface area contributed by atoms with E-state index in [0.717, 1.165) is 32.7 Å². The van der Waals surface area contributed by atoms with Crippen LogP contribution >= 0.6 is 11.3 Å². The van der Waals surface area contributed by atoms with Crippen molar-refractivity contribution in [3.63, 3.8) is 0 Å². The predicted octanol–water partition coefficient (Wildman–Crippen LogP) is 2.84. The van der Waals surface area contributed by atoms with E-state index < -0.39 is 0 Å². The maximum atomic E-state index is 12.6. The van der Waals surface area contributed by atoms with Crippen LogP contribution in [0.15, 0.2) is 17.5 Å². The van der Waals surface area contributed by atoms with Crippen LogP contribution < -0.4 is 5.32 Å². The van der Waals surface area contributed by atoms with Gasteiger partial charge in [-0.25, -0.2) is 4.79 Å². The van der Waals surface area contributed by atoms with Gasteiger partial charge in [0.15, 0.2) is 0 Å². The third-order valence-corrected chi connectivity index (χ3v) is 6.71. The molecule has 5 nitrogen and oxygen atoms in total. The zero-order chi connectivity index (χ0) is 17.7. The summed E-state index contributed by atoms with van der Waals surface area (Å²) < 4.78 is 0. The average molecular weight is 365 g/mol. The smallest absolute Gasteiger partial charge is 0.317 e. The van der Waals surface area contributed by atoms with Crippen LogP contribution in [0, 0.1) is 0 Å². The van der Waals surface area contributed by atoms with E-state index in [1.807, 2.05) is 13.1 Å². The number of carbonyl (C=O) groups is 1. The van der Waals surface area contributed by atoms with Crippen molar-refractivity contribution in [3.8, 4) is 0 Å². The maximum Gasteiger partial charge on any atom is 0.317 e. The molecule has 0 bridgehead atoms. The Bertz CT molecular complexity index is 534. The summed E-state index contributed by atoms with van der Waals surface area (Å²) in [5.74, 6) is 0. The van der Waals surface area contributed by atoms with E-state index in [2.05, 4.69) is 33.6 Å². The summed E-state index contributed by atoms with van der Waals surface area (Å²) >= 11 is 1.70. The van der Waals surface area contributed by atoms with Crippen molar-refractivity contribution in [2.45, 2.75) is 44.2 Å². The lowest BCUT2D eigenvalue weighted by molar-refractivity contribution is 0.0148. The molecular formula is C19H32N4OS. The molecule has 2 heterocycles. The van der Waals surface area contributed by atoms with Crippen LogP contribution in [0.3, 0.4) is 0 Å². The summed E-state index contributed by atoms with van der Waals surface area (Å²) in [6.45, 7) is 5.98. The summed E-state index contributed by atoms with van der Waals surface area (Å²) in [5, 5.41) is 5.31. The van der Waals surface area contributed by atoms with Gasteiger partial charge in [0, 0.05) is 50.2 Å². The first kappa shape index (κ1) is 18.7. The number of amides is 2. The average Bonchev–Trinajstić information content (AvgIpc) is 3.14. The van der Waals surface area contributed by atoms with Crippen molar-refractivity contribution >= 4 is 17.4 Å². The minimum atomic E-state index is 0.0486. The number of nitrogens with zero attached hydrogens (tertiary/aromatic N) is 3. The Hall–Kier alpha value is -1.11. The van der Waals surface area contributed by atoms with Crippen LogP contribution in [0.1, 0.15) is 37.0 Å². The van der Waals surface area contributed by atoms with E-state index in [0.29, 0.717) is 6.54 Å². The number of nitrogens with one attached hydrogen (secondary N) is 1. The van der Waals surface area contributed by atoms with Gasteiger partial charge in [-0.2, -0.15) is 0 Å². The minimum absolute atomic E-state index is 0.0486. The first-order chi connectivity index (χ1) is 12.1. The highest BCUT2D eigenvalue weighted by molar-refractivity contribution is 7.09. The molecule has 1 aromatic heterocycles. The molecular weight excluding hydrogens is 332 g/mol. The second-order valence-corrected chi connectivity index (χ2v) is 8.70. The first-order valence-electron chi connectivity index (χ1n) is 9.54. The zero-order valence-electron chi connectivity index (χ0n) is 15.7. The topological polar surface area (TPSA) is 38.8 Å². The monoisotopic (exact) mass is 364 g/mol. The van der Waals surface area contributed by atoms with Crippen molar-refractivity contribution in [1.82, 2.24) is 20.0 Å². The third kappa shape index (κ3) is 4.74. The van der Waals surface area contributed by atoms with Gasteiger partial charge in [0.25, 0.3) is 0 Å². The molecule has 2 aliphatic rings. The van der Waals surface area contributed by atoms with Crippen molar-refractivity contribution in [1.29, 1.82) is 0 Å². The number of carbonyl (C=O) groups excluding carboxylic acids is 1. The van der Waals surface area contributed by atoms with Crippen molar-refractivity contribution in [2.75, 3.05) is 46.8 Å². The molecule has 6 heteroatoms. The molecule has 2 fully saturated rings. The number of hydrogen-bond donors (Lipinski definition) is 1. The van der Waals surface area contributed by atoms with E-state index in [1.165, 1.54) is 37.0 Å². The number of likely N-dealkylation sites (N-methyl/N-ethyl adjacent to an activating group) is 1. The summed E-state index contributed by atoms with van der Waals surface area (Å²) in [4.78, 5) is 20.7. The fraction of sp³-hybridized carbons (Fsp3) is 0.737. The van der Waals surface area contributed by atoms with Gasteiger partial charge >= 0.3 is 6.03 Å². The minimum Gasteiger partial charge on any atom is -0.336 e. The molecule has 0 unspecified atom stereocenters.